The van der Waals surface area contributed by atoms with Crippen molar-refractivity contribution in [2.75, 3.05) is 18.3 Å². The number of hydrogen-bond acceptors (Lipinski definition) is 5. The van der Waals surface area contributed by atoms with Crippen LogP contribution in [0.2, 0.25) is 0 Å². The van der Waals surface area contributed by atoms with E-state index in [-0.39, 0.29) is 30.4 Å². The van der Waals surface area contributed by atoms with Crippen molar-refractivity contribution in [2.45, 2.75) is 25.4 Å². The molecule has 2 aliphatic rings. The number of nitrogens with one attached hydrogen (secondary N) is 1. The van der Waals surface area contributed by atoms with E-state index in [9.17, 15) is 8.42 Å². The van der Waals surface area contributed by atoms with Crippen molar-refractivity contribution in [3.8, 4) is 11.5 Å². The second-order valence-corrected chi connectivity index (χ2v) is 7.17. The average molecular weight is 283 g/mol. The van der Waals surface area contributed by atoms with Gasteiger partial charge in [0.1, 0.15) is 0 Å². The van der Waals surface area contributed by atoms with Gasteiger partial charge in [-0.15, -0.1) is 0 Å². The van der Waals surface area contributed by atoms with Gasteiger partial charge in [-0.3, -0.25) is 0 Å². The van der Waals surface area contributed by atoms with E-state index in [2.05, 4.69) is 5.32 Å². The molecule has 0 amide bonds. The molecule has 2 atom stereocenters. The van der Waals surface area contributed by atoms with Gasteiger partial charge in [-0.1, -0.05) is 13.0 Å². The van der Waals surface area contributed by atoms with Gasteiger partial charge in [0, 0.05) is 12.1 Å². The van der Waals surface area contributed by atoms with E-state index in [1.807, 2.05) is 25.1 Å². The molecule has 0 aliphatic carbocycles. The molecule has 1 N–H and O–H groups in total. The number of benzene rings is 1. The molecule has 0 spiro atoms. The molecular weight excluding hydrogens is 266 g/mol. The minimum Gasteiger partial charge on any atom is -0.454 e. The fourth-order valence-corrected chi connectivity index (χ4v) is 4.44. The third-order valence-corrected chi connectivity index (χ3v) is 5.36. The van der Waals surface area contributed by atoms with Gasteiger partial charge >= 0.3 is 0 Å². The smallest absolute Gasteiger partial charge is 0.231 e. The van der Waals surface area contributed by atoms with Crippen molar-refractivity contribution in [2.24, 2.45) is 0 Å². The summed E-state index contributed by atoms with van der Waals surface area (Å²) in [5, 5.41) is 3.39. The third-order valence-electron chi connectivity index (χ3n) is 3.60. The molecule has 104 valence electrons. The lowest BCUT2D eigenvalue weighted by molar-refractivity contribution is 0.174. The summed E-state index contributed by atoms with van der Waals surface area (Å²) in [4.78, 5) is 0. The van der Waals surface area contributed by atoms with Crippen LogP contribution in [0.3, 0.4) is 0 Å². The summed E-state index contributed by atoms with van der Waals surface area (Å²) in [5.74, 6) is 1.78. The summed E-state index contributed by atoms with van der Waals surface area (Å²) in [5.41, 5.74) is 0.936. The number of rotatable bonds is 2. The van der Waals surface area contributed by atoms with Crippen molar-refractivity contribution in [1.29, 1.82) is 0 Å². The number of ether oxygens (including phenoxy) is 2. The molecule has 6 heteroatoms. The van der Waals surface area contributed by atoms with Crippen LogP contribution in [0.4, 0.5) is 0 Å². The highest BCUT2D eigenvalue weighted by Gasteiger charge is 2.31. The summed E-state index contributed by atoms with van der Waals surface area (Å²) in [6.07, 6.45) is 0.806. The molecule has 0 saturated carbocycles. The Balaban J connectivity index is 1.88. The molecule has 1 aromatic carbocycles. The van der Waals surface area contributed by atoms with Crippen LogP contribution in [-0.2, 0) is 9.84 Å². The van der Waals surface area contributed by atoms with E-state index in [1.165, 1.54) is 0 Å². The minimum atomic E-state index is -2.99. The van der Waals surface area contributed by atoms with Crippen LogP contribution in [0.5, 0.6) is 11.5 Å². The Morgan fingerprint density at radius 3 is 2.84 bits per heavy atom. The highest BCUT2D eigenvalue weighted by atomic mass is 32.2. The van der Waals surface area contributed by atoms with Crippen LogP contribution < -0.4 is 14.8 Å². The Kier molecular flexibility index (Phi) is 3.14. The summed E-state index contributed by atoms with van der Waals surface area (Å²) in [7, 11) is -2.99. The van der Waals surface area contributed by atoms with Crippen LogP contribution in [0.1, 0.15) is 24.9 Å². The van der Waals surface area contributed by atoms with Crippen LogP contribution in [0.25, 0.3) is 0 Å². The van der Waals surface area contributed by atoms with Crippen molar-refractivity contribution in [3.63, 3.8) is 0 Å². The van der Waals surface area contributed by atoms with Crippen molar-refractivity contribution in [3.05, 3.63) is 23.8 Å². The lowest BCUT2D eigenvalue weighted by atomic mass is 10.1. The Hall–Kier alpha value is -1.27. The summed E-state index contributed by atoms with van der Waals surface area (Å²) in [6, 6.07) is 5.46. The molecule has 3 rings (SSSR count). The van der Waals surface area contributed by atoms with E-state index in [0.717, 1.165) is 17.7 Å². The van der Waals surface area contributed by atoms with Gasteiger partial charge in [0.15, 0.2) is 21.3 Å². The first-order valence-electron chi connectivity index (χ1n) is 6.43. The molecule has 19 heavy (non-hydrogen) atoms. The molecule has 2 heterocycles. The van der Waals surface area contributed by atoms with Gasteiger partial charge in [-0.25, -0.2) is 8.42 Å². The molecule has 1 saturated heterocycles. The number of hydrogen-bond donors (Lipinski definition) is 1. The van der Waals surface area contributed by atoms with Gasteiger partial charge in [-0.2, -0.15) is 0 Å². The van der Waals surface area contributed by atoms with Crippen molar-refractivity contribution < 1.29 is 17.9 Å². The second-order valence-electron chi connectivity index (χ2n) is 5.01. The largest absolute Gasteiger partial charge is 0.454 e. The highest BCUT2D eigenvalue weighted by molar-refractivity contribution is 7.91. The number of fused-ring (bicyclic) bond motifs is 1. The Bertz CT molecular complexity index is 584. The second kappa shape index (κ2) is 4.68. The molecule has 2 unspecified atom stereocenters. The van der Waals surface area contributed by atoms with Gasteiger partial charge < -0.3 is 14.8 Å². The normalized spacial score (nSPS) is 28.3. The van der Waals surface area contributed by atoms with Crippen molar-refractivity contribution in [1.82, 2.24) is 5.32 Å². The maximum atomic E-state index is 11.9. The molecule has 0 radical (unpaired) electrons. The monoisotopic (exact) mass is 283 g/mol. The Morgan fingerprint density at radius 2 is 2.05 bits per heavy atom. The topological polar surface area (TPSA) is 64.6 Å². The van der Waals surface area contributed by atoms with E-state index >= 15 is 0 Å². The standard InChI is InChI=1S/C13H17NO4S/c1-2-10-6-19(15,16)7-11(14-10)9-3-4-12-13(5-9)18-8-17-12/h3-5,10-11,14H,2,6-8H2,1H3. The molecule has 0 aromatic heterocycles. The van der Waals surface area contributed by atoms with Gasteiger partial charge in [0.05, 0.1) is 11.5 Å². The molecular formula is C13H17NO4S. The fourth-order valence-electron chi connectivity index (χ4n) is 2.57. The van der Waals surface area contributed by atoms with Crippen LogP contribution in [-0.4, -0.2) is 32.8 Å². The zero-order valence-corrected chi connectivity index (χ0v) is 11.6. The van der Waals surface area contributed by atoms with E-state index in [0.29, 0.717) is 5.75 Å². The van der Waals surface area contributed by atoms with E-state index in [1.54, 1.807) is 0 Å². The number of sulfone groups is 1. The molecule has 2 aliphatic heterocycles. The fraction of sp³-hybridized carbons (Fsp3) is 0.538. The molecule has 5 nitrogen and oxygen atoms in total. The first-order chi connectivity index (χ1) is 9.07. The molecule has 0 bridgehead atoms. The minimum absolute atomic E-state index is 0.0224. The van der Waals surface area contributed by atoms with Gasteiger partial charge in [0.25, 0.3) is 0 Å². The summed E-state index contributed by atoms with van der Waals surface area (Å²) >= 11 is 0. The predicted octanol–water partition coefficient (Wildman–Crippen LogP) is 1.25. The average Bonchev–Trinajstić information content (AvgIpc) is 2.83. The summed E-state index contributed by atoms with van der Waals surface area (Å²) in [6.45, 7) is 2.22. The van der Waals surface area contributed by atoms with Crippen molar-refractivity contribution >= 4 is 9.84 Å². The van der Waals surface area contributed by atoms with E-state index < -0.39 is 9.84 Å². The quantitative estimate of drug-likeness (QED) is 0.885. The predicted molar refractivity (Wildman–Crippen MR) is 71.2 cm³/mol. The SMILES string of the molecule is CCC1CS(=O)(=O)CC(c2ccc3c(c2)OCO3)N1. The highest BCUT2D eigenvalue weighted by Crippen LogP contribution is 2.35. The summed E-state index contributed by atoms with van der Waals surface area (Å²) < 4.78 is 34.5. The molecule has 1 aromatic rings. The van der Waals surface area contributed by atoms with Crippen LogP contribution >= 0.6 is 0 Å². The Morgan fingerprint density at radius 1 is 1.26 bits per heavy atom. The van der Waals surface area contributed by atoms with Gasteiger partial charge in [-0.05, 0) is 24.1 Å². The van der Waals surface area contributed by atoms with Gasteiger partial charge in [0.2, 0.25) is 6.79 Å². The third kappa shape index (κ3) is 2.55. The van der Waals surface area contributed by atoms with E-state index in [4.69, 9.17) is 9.47 Å². The maximum Gasteiger partial charge on any atom is 0.231 e. The zero-order valence-electron chi connectivity index (χ0n) is 10.8. The lowest BCUT2D eigenvalue weighted by Gasteiger charge is -2.30. The lowest BCUT2D eigenvalue weighted by Crippen LogP contribution is -2.46. The first-order valence-corrected chi connectivity index (χ1v) is 8.25. The zero-order chi connectivity index (χ0) is 13.5. The first kappa shape index (κ1) is 12.7. The Labute approximate surface area is 112 Å². The van der Waals surface area contributed by atoms with Crippen LogP contribution in [0.15, 0.2) is 18.2 Å². The maximum absolute atomic E-state index is 11.9. The molecule has 1 fully saturated rings. The van der Waals surface area contributed by atoms with Crippen LogP contribution in [0, 0.1) is 0 Å².